The summed E-state index contributed by atoms with van der Waals surface area (Å²) in [7, 11) is 0. The van der Waals surface area contributed by atoms with E-state index in [4.69, 9.17) is 9.52 Å². The molecule has 1 N–H and O–H groups in total. The molecule has 0 aliphatic carbocycles. The van der Waals surface area contributed by atoms with Gasteiger partial charge in [0.15, 0.2) is 0 Å². The van der Waals surface area contributed by atoms with Gasteiger partial charge in [0.1, 0.15) is 0 Å². The Bertz CT molecular complexity index is 309. The highest BCUT2D eigenvalue weighted by Gasteiger charge is 2.05. The van der Waals surface area contributed by atoms with Gasteiger partial charge in [-0.1, -0.05) is 6.92 Å². The molecule has 1 aromatic heterocycles. The smallest absolute Gasteiger partial charge is 0.303 e. The molecular weight excluding hydrogens is 196 g/mol. The van der Waals surface area contributed by atoms with E-state index in [0.29, 0.717) is 24.6 Å². The molecule has 0 aliphatic heterocycles. The van der Waals surface area contributed by atoms with E-state index in [0.717, 1.165) is 19.3 Å². The third kappa shape index (κ3) is 4.58. The Morgan fingerprint density at radius 3 is 2.53 bits per heavy atom. The van der Waals surface area contributed by atoms with Crippen LogP contribution >= 0.6 is 0 Å². The number of carboxylic acids is 1. The summed E-state index contributed by atoms with van der Waals surface area (Å²) in [4.78, 5) is 10.2. The van der Waals surface area contributed by atoms with Gasteiger partial charge >= 0.3 is 5.97 Å². The standard InChI is InChI=1S/C10H16N2O3/c1-2-5-8-11-12-9(15-8)6-3-4-7-10(13)14/h2-7H2,1H3,(H,13,14). The average molecular weight is 212 g/mol. The number of carbonyl (C=O) groups is 1. The molecule has 0 radical (unpaired) electrons. The molecule has 0 amide bonds. The average Bonchev–Trinajstić information content (AvgIpc) is 2.61. The molecule has 0 aromatic carbocycles. The first-order chi connectivity index (χ1) is 7.22. The van der Waals surface area contributed by atoms with Crippen LogP contribution in [0, 0.1) is 0 Å². The lowest BCUT2D eigenvalue weighted by Crippen LogP contribution is -1.95. The van der Waals surface area contributed by atoms with Crippen LogP contribution in [0.15, 0.2) is 4.42 Å². The number of hydrogen-bond acceptors (Lipinski definition) is 4. The van der Waals surface area contributed by atoms with Crippen LogP contribution in [-0.2, 0) is 17.6 Å². The molecule has 0 bridgehead atoms. The number of unbranched alkanes of at least 4 members (excludes halogenated alkanes) is 1. The fraction of sp³-hybridized carbons (Fsp3) is 0.700. The van der Waals surface area contributed by atoms with Crippen LogP contribution in [0.3, 0.4) is 0 Å². The first kappa shape index (κ1) is 11.7. The van der Waals surface area contributed by atoms with Crippen molar-refractivity contribution in [2.24, 2.45) is 0 Å². The Labute approximate surface area is 88.5 Å². The molecule has 5 heteroatoms. The molecule has 15 heavy (non-hydrogen) atoms. The summed E-state index contributed by atoms with van der Waals surface area (Å²) >= 11 is 0. The summed E-state index contributed by atoms with van der Waals surface area (Å²) in [5, 5.41) is 16.2. The van der Waals surface area contributed by atoms with E-state index in [9.17, 15) is 4.79 Å². The van der Waals surface area contributed by atoms with E-state index in [1.165, 1.54) is 0 Å². The molecule has 5 nitrogen and oxygen atoms in total. The Kier molecular flexibility index (Phi) is 4.80. The van der Waals surface area contributed by atoms with Gasteiger partial charge in [0.2, 0.25) is 11.8 Å². The normalized spacial score (nSPS) is 10.5. The van der Waals surface area contributed by atoms with Crippen molar-refractivity contribution >= 4 is 5.97 Å². The quantitative estimate of drug-likeness (QED) is 0.697. The molecule has 0 saturated heterocycles. The van der Waals surface area contributed by atoms with Gasteiger partial charge in [-0.2, -0.15) is 0 Å². The zero-order valence-electron chi connectivity index (χ0n) is 8.90. The van der Waals surface area contributed by atoms with E-state index in [1.807, 2.05) is 0 Å². The zero-order valence-corrected chi connectivity index (χ0v) is 8.90. The van der Waals surface area contributed by atoms with Crippen molar-refractivity contribution in [3.05, 3.63) is 11.8 Å². The van der Waals surface area contributed by atoms with E-state index in [-0.39, 0.29) is 6.42 Å². The lowest BCUT2D eigenvalue weighted by atomic mass is 10.2. The highest BCUT2D eigenvalue weighted by Crippen LogP contribution is 2.07. The van der Waals surface area contributed by atoms with Crippen LogP contribution in [0.25, 0.3) is 0 Å². The van der Waals surface area contributed by atoms with Crippen LogP contribution in [-0.4, -0.2) is 21.3 Å². The Morgan fingerprint density at radius 2 is 1.93 bits per heavy atom. The second-order valence-corrected chi connectivity index (χ2v) is 3.44. The molecule has 0 saturated carbocycles. The van der Waals surface area contributed by atoms with Crippen molar-refractivity contribution in [2.45, 2.75) is 45.4 Å². The Morgan fingerprint density at radius 1 is 1.27 bits per heavy atom. The van der Waals surface area contributed by atoms with Crippen molar-refractivity contribution < 1.29 is 14.3 Å². The summed E-state index contributed by atoms with van der Waals surface area (Å²) in [6, 6.07) is 0. The van der Waals surface area contributed by atoms with Crippen molar-refractivity contribution in [3.63, 3.8) is 0 Å². The number of aryl methyl sites for hydroxylation is 2. The van der Waals surface area contributed by atoms with Gasteiger partial charge in [-0.05, 0) is 19.3 Å². The summed E-state index contributed by atoms with van der Waals surface area (Å²) in [6.07, 6.45) is 4.10. The lowest BCUT2D eigenvalue weighted by molar-refractivity contribution is -0.137. The molecule has 0 aliphatic rings. The number of nitrogens with zero attached hydrogens (tertiary/aromatic N) is 2. The second-order valence-electron chi connectivity index (χ2n) is 3.44. The third-order valence-corrected chi connectivity index (χ3v) is 2.00. The molecule has 0 atom stereocenters. The molecule has 1 rings (SSSR count). The highest BCUT2D eigenvalue weighted by atomic mass is 16.4. The predicted molar refractivity (Wildman–Crippen MR) is 53.5 cm³/mol. The molecular formula is C10H16N2O3. The minimum absolute atomic E-state index is 0.204. The monoisotopic (exact) mass is 212 g/mol. The lowest BCUT2D eigenvalue weighted by Gasteiger charge is -1.93. The summed E-state index contributed by atoms with van der Waals surface area (Å²) < 4.78 is 5.36. The predicted octanol–water partition coefficient (Wildman–Crippen LogP) is 1.82. The van der Waals surface area contributed by atoms with E-state index in [1.54, 1.807) is 0 Å². The fourth-order valence-electron chi connectivity index (χ4n) is 1.26. The summed E-state index contributed by atoms with van der Waals surface area (Å²) in [6.45, 7) is 2.05. The van der Waals surface area contributed by atoms with Crippen molar-refractivity contribution in [2.75, 3.05) is 0 Å². The van der Waals surface area contributed by atoms with Crippen LogP contribution in [0.4, 0.5) is 0 Å². The van der Waals surface area contributed by atoms with Crippen molar-refractivity contribution in [1.82, 2.24) is 10.2 Å². The van der Waals surface area contributed by atoms with Gasteiger partial charge in [0, 0.05) is 19.3 Å². The molecule has 84 valence electrons. The molecule has 1 aromatic rings. The maximum absolute atomic E-state index is 10.2. The van der Waals surface area contributed by atoms with Crippen LogP contribution in [0.2, 0.25) is 0 Å². The first-order valence-electron chi connectivity index (χ1n) is 5.25. The van der Waals surface area contributed by atoms with E-state index in [2.05, 4.69) is 17.1 Å². The van der Waals surface area contributed by atoms with Gasteiger partial charge in [0.25, 0.3) is 0 Å². The molecule has 0 fully saturated rings. The van der Waals surface area contributed by atoms with E-state index >= 15 is 0 Å². The fourth-order valence-corrected chi connectivity index (χ4v) is 1.26. The maximum Gasteiger partial charge on any atom is 0.303 e. The molecule has 1 heterocycles. The summed E-state index contributed by atoms with van der Waals surface area (Å²) in [5.41, 5.74) is 0. The van der Waals surface area contributed by atoms with Crippen LogP contribution in [0.1, 0.15) is 44.4 Å². The number of aromatic nitrogens is 2. The van der Waals surface area contributed by atoms with Gasteiger partial charge in [0.05, 0.1) is 0 Å². The van der Waals surface area contributed by atoms with Gasteiger partial charge in [-0.15, -0.1) is 10.2 Å². The topological polar surface area (TPSA) is 76.2 Å². The van der Waals surface area contributed by atoms with Crippen LogP contribution < -0.4 is 0 Å². The molecule has 0 spiro atoms. The van der Waals surface area contributed by atoms with Crippen LogP contribution in [0.5, 0.6) is 0 Å². The number of rotatable bonds is 7. The minimum atomic E-state index is -0.757. The maximum atomic E-state index is 10.2. The van der Waals surface area contributed by atoms with Gasteiger partial charge in [-0.25, -0.2) is 0 Å². The Hall–Kier alpha value is -1.39. The second kappa shape index (κ2) is 6.16. The number of aliphatic carboxylic acids is 1. The van der Waals surface area contributed by atoms with Gasteiger partial charge < -0.3 is 9.52 Å². The summed E-state index contributed by atoms with van der Waals surface area (Å²) in [5.74, 6) is 0.529. The number of carboxylic acid groups (broad SMARTS) is 1. The Balaban J connectivity index is 2.22. The van der Waals surface area contributed by atoms with E-state index < -0.39 is 5.97 Å². The molecule has 0 unspecified atom stereocenters. The van der Waals surface area contributed by atoms with Crippen molar-refractivity contribution in [3.8, 4) is 0 Å². The minimum Gasteiger partial charge on any atom is -0.481 e. The van der Waals surface area contributed by atoms with Gasteiger partial charge in [-0.3, -0.25) is 4.79 Å². The number of hydrogen-bond donors (Lipinski definition) is 1. The SMILES string of the molecule is CCCc1nnc(CCCCC(=O)O)o1. The van der Waals surface area contributed by atoms with Crippen molar-refractivity contribution in [1.29, 1.82) is 0 Å². The largest absolute Gasteiger partial charge is 0.481 e. The highest BCUT2D eigenvalue weighted by molar-refractivity contribution is 5.66. The third-order valence-electron chi connectivity index (χ3n) is 2.00. The first-order valence-corrected chi connectivity index (χ1v) is 5.25. The zero-order chi connectivity index (χ0) is 11.1.